The Kier molecular flexibility index (Phi) is 20.4. The van der Waals surface area contributed by atoms with Crippen molar-refractivity contribution < 1.29 is 32.6 Å². The van der Waals surface area contributed by atoms with E-state index in [0.717, 1.165) is 69.9 Å². The molecule has 0 bridgehead atoms. The first-order valence-electron chi connectivity index (χ1n) is 26.1. The lowest BCUT2D eigenvalue weighted by Gasteiger charge is -2.11. The van der Waals surface area contributed by atoms with E-state index in [9.17, 15) is 9.59 Å². The number of benzene rings is 5. The summed E-state index contributed by atoms with van der Waals surface area (Å²) in [5, 5.41) is 0.0168. The van der Waals surface area contributed by atoms with Gasteiger partial charge < -0.3 is 23.0 Å². The normalized spacial score (nSPS) is 11.4. The molecule has 70 heavy (non-hydrogen) atoms. The molecule has 0 fully saturated rings. The standard InChI is InChI=1S/C60H72N2O7S/c1-5-7-9-11-13-15-17-19-21-23-41-66-49-35-29-44(30-36-49)52-54-56(68-58(61-54)46-25-27-48(28-26-46)60(64)65-4)53(55-57(52)69-59(62-55)47-33-39-51(40-34-47)70-43(3)63)45-31-37-50(38-32-45)67-42-24-22-20-18-16-14-12-10-8-6-2/h25-40H,5-24,41-42H2,1-4H3. The number of esters is 1. The van der Waals surface area contributed by atoms with E-state index in [1.807, 2.05) is 84.9 Å². The van der Waals surface area contributed by atoms with Crippen LogP contribution in [0.4, 0.5) is 0 Å². The molecule has 0 saturated carbocycles. The lowest BCUT2D eigenvalue weighted by Crippen LogP contribution is -2.00. The minimum absolute atomic E-state index is 0.0168. The number of hydrogen-bond acceptors (Lipinski definition) is 10. The van der Waals surface area contributed by atoms with E-state index in [-0.39, 0.29) is 5.12 Å². The lowest BCUT2D eigenvalue weighted by molar-refractivity contribution is -0.109. The molecule has 0 atom stereocenters. The zero-order valence-corrected chi connectivity index (χ0v) is 42.8. The Hall–Kier alpha value is -5.87. The second-order valence-electron chi connectivity index (χ2n) is 18.4. The summed E-state index contributed by atoms with van der Waals surface area (Å²) in [6.45, 7) is 7.42. The number of carbonyl (C=O) groups excluding carboxylic acids is 2. The van der Waals surface area contributed by atoms with E-state index >= 15 is 0 Å². The zero-order valence-electron chi connectivity index (χ0n) is 42.0. The molecule has 7 aromatic rings. The summed E-state index contributed by atoms with van der Waals surface area (Å²) in [5.74, 6) is 1.99. The Morgan fingerprint density at radius 2 is 0.829 bits per heavy atom. The third kappa shape index (κ3) is 14.6. The highest BCUT2D eigenvalue weighted by Crippen LogP contribution is 2.46. The number of ether oxygens (including phenoxy) is 3. The Morgan fingerprint density at radius 1 is 0.471 bits per heavy atom. The van der Waals surface area contributed by atoms with E-state index in [0.29, 0.717) is 58.3 Å². The maximum absolute atomic E-state index is 12.3. The molecule has 0 aliphatic carbocycles. The molecule has 0 saturated heterocycles. The van der Waals surface area contributed by atoms with Crippen molar-refractivity contribution in [2.24, 2.45) is 0 Å². The first-order chi connectivity index (χ1) is 34.4. The predicted octanol–water partition coefficient (Wildman–Crippen LogP) is 17.7. The molecule has 10 heteroatoms. The summed E-state index contributed by atoms with van der Waals surface area (Å²) in [4.78, 5) is 35.5. The van der Waals surface area contributed by atoms with Crippen molar-refractivity contribution in [1.82, 2.24) is 9.97 Å². The molecule has 0 aliphatic heterocycles. The summed E-state index contributed by atoms with van der Waals surface area (Å²) in [6.07, 6.45) is 25.5. The molecule has 0 spiro atoms. The van der Waals surface area contributed by atoms with Crippen molar-refractivity contribution >= 4 is 45.0 Å². The number of methoxy groups -OCH3 is 1. The molecule has 2 aromatic heterocycles. The average Bonchev–Trinajstić information content (AvgIpc) is 4.02. The topological polar surface area (TPSA) is 114 Å². The molecule has 2 heterocycles. The van der Waals surface area contributed by atoms with Crippen LogP contribution < -0.4 is 9.47 Å². The quantitative estimate of drug-likeness (QED) is 0.0245. The molecule has 0 aliphatic rings. The first kappa shape index (κ1) is 52.0. The highest BCUT2D eigenvalue weighted by atomic mass is 32.2. The second-order valence-corrected chi connectivity index (χ2v) is 19.7. The summed E-state index contributed by atoms with van der Waals surface area (Å²) in [7, 11) is 1.37. The fraction of sp³-hybridized carbons (Fsp3) is 0.433. The minimum atomic E-state index is -0.421. The Balaban J connectivity index is 1.18. The number of thioether (sulfide) groups is 1. The van der Waals surface area contributed by atoms with Gasteiger partial charge in [0.1, 0.15) is 22.5 Å². The molecular weight excluding hydrogens is 893 g/mol. The van der Waals surface area contributed by atoms with Crippen LogP contribution in [0.25, 0.3) is 67.4 Å². The fourth-order valence-corrected chi connectivity index (χ4v) is 9.61. The van der Waals surface area contributed by atoms with Crippen LogP contribution in [-0.2, 0) is 9.53 Å². The third-order valence-electron chi connectivity index (χ3n) is 12.9. The Morgan fingerprint density at radius 3 is 1.20 bits per heavy atom. The minimum Gasteiger partial charge on any atom is -0.494 e. The van der Waals surface area contributed by atoms with Gasteiger partial charge in [-0.3, -0.25) is 4.79 Å². The molecule has 9 nitrogen and oxygen atoms in total. The van der Waals surface area contributed by atoms with Crippen molar-refractivity contribution in [2.75, 3.05) is 20.3 Å². The van der Waals surface area contributed by atoms with Crippen LogP contribution >= 0.6 is 11.8 Å². The predicted molar refractivity (Wildman–Crippen MR) is 286 cm³/mol. The molecule has 0 radical (unpaired) electrons. The molecule has 7 rings (SSSR count). The van der Waals surface area contributed by atoms with Crippen molar-refractivity contribution in [1.29, 1.82) is 0 Å². The number of fused-ring (bicyclic) bond motifs is 2. The SMILES string of the molecule is CCCCCCCCCCCCOc1ccc(-c2c3nc(-c4ccc(C(=O)OC)cc4)oc3c(-c3ccc(OCCCCCCCCCCCC)cc3)c3nc(-c4ccc(SC(C)=O)cc4)oc23)cc1. The molecule has 0 unspecified atom stereocenters. The number of nitrogens with zero attached hydrogens (tertiary/aromatic N) is 2. The number of hydrogen-bond donors (Lipinski definition) is 0. The van der Waals surface area contributed by atoms with Gasteiger partial charge in [-0.05, 0) is 96.8 Å². The molecule has 5 aromatic carbocycles. The molecule has 0 amide bonds. The van der Waals surface area contributed by atoms with E-state index in [2.05, 4.69) is 13.8 Å². The number of oxazole rings is 2. The molecule has 0 N–H and O–H groups in total. The fourth-order valence-electron chi connectivity index (χ4n) is 9.01. The summed E-state index contributed by atoms with van der Waals surface area (Å²) < 4.78 is 31.1. The third-order valence-corrected chi connectivity index (χ3v) is 13.7. The maximum atomic E-state index is 12.3. The van der Waals surface area contributed by atoms with E-state index in [1.165, 1.54) is 122 Å². The van der Waals surface area contributed by atoms with Gasteiger partial charge in [0.2, 0.25) is 11.8 Å². The van der Waals surface area contributed by atoms with E-state index in [4.69, 9.17) is 33.0 Å². The number of unbranched alkanes of at least 4 members (excludes halogenated alkanes) is 18. The monoisotopic (exact) mass is 965 g/mol. The highest BCUT2D eigenvalue weighted by Gasteiger charge is 2.27. The smallest absolute Gasteiger partial charge is 0.337 e. The van der Waals surface area contributed by atoms with Gasteiger partial charge in [-0.15, -0.1) is 0 Å². The number of carbonyl (C=O) groups is 2. The van der Waals surface area contributed by atoms with Crippen LogP contribution in [0.5, 0.6) is 11.5 Å². The maximum Gasteiger partial charge on any atom is 0.337 e. The number of aromatic nitrogens is 2. The second kappa shape index (κ2) is 27.5. The van der Waals surface area contributed by atoms with Gasteiger partial charge in [0.15, 0.2) is 16.3 Å². The van der Waals surface area contributed by atoms with Crippen LogP contribution in [0.15, 0.2) is 111 Å². The number of rotatable bonds is 30. The van der Waals surface area contributed by atoms with Crippen LogP contribution in [0.3, 0.4) is 0 Å². The van der Waals surface area contributed by atoms with Gasteiger partial charge in [0, 0.05) is 22.9 Å². The highest BCUT2D eigenvalue weighted by molar-refractivity contribution is 8.13. The van der Waals surface area contributed by atoms with Gasteiger partial charge in [0.25, 0.3) is 0 Å². The first-order valence-corrected chi connectivity index (χ1v) is 26.9. The van der Waals surface area contributed by atoms with E-state index in [1.54, 1.807) is 19.1 Å². The van der Waals surface area contributed by atoms with Gasteiger partial charge in [-0.2, -0.15) is 0 Å². The lowest BCUT2D eigenvalue weighted by atomic mass is 9.96. The summed E-state index contributed by atoms with van der Waals surface area (Å²) in [5.41, 5.74) is 7.39. The van der Waals surface area contributed by atoms with Crippen LogP contribution in [0.2, 0.25) is 0 Å². The molecular formula is C60H72N2O7S. The van der Waals surface area contributed by atoms with Crippen LogP contribution in [0.1, 0.15) is 160 Å². The van der Waals surface area contributed by atoms with Crippen molar-refractivity contribution in [3.63, 3.8) is 0 Å². The van der Waals surface area contributed by atoms with Gasteiger partial charge in [-0.1, -0.05) is 165 Å². The van der Waals surface area contributed by atoms with E-state index < -0.39 is 5.97 Å². The van der Waals surface area contributed by atoms with Crippen molar-refractivity contribution in [3.8, 4) is 56.7 Å². The van der Waals surface area contributed by atoms with Crippen molar-refractivity contribution in [3.05, 3.63) is 103 Å². The summed E-state index contributed by atoms with van der Waals surface area (Å²) >= 11 is 1.19. The van der Waals surface area contributed by atoms with Crippen LogP contribution in [-0.4, -0.2) is 41.4 Å². The Bertz CT molecular complexity index is 2560. The summed E-state index contributed by atoms with van der Waals surface area (Å²) in [6, 6.07) is 30.9. The zero-order chi connectivity index (χ0) is 48.9. The van der Waals surface area contributed by atoms with Crippen molar-refractivity contribution in [2.45, 2.75) is 154 Å². The van der Waals surface area contributed by atoms with Crippen LogP contribution in [0, 0.1) is 0 Å². The largest absolute Gasteiger partial charge is 0.494 e. The molecule has 370 valence electrons. The van der Waals surface area contributed by atoms with Gasteiger partial charge in [0.05, 0.1) is 37.0 Å². The average molecular weight is 965 g/mol. The Labute approximate surface area is 419 Å². The van der Waals surface area contributed by atoms with Gasteiger partial charge in [-0.25, -0.2) is 14.8 Å². The van der Waals surface area contributed by atoms with Gasteiger partial charge >= 0.3 is 5.97 Å².